The Morgan fingerprint density at radius 3 is 2.71 bits per heavy atom. The van der Waals surface area contributed by atoms with Crippen molar-refractivity contribution < 1.29 is 5.32 Å². The molecular formula is C15H23N6+. The highest BCUT2D eigenvalue weighted by molar-refractivity contribution is 5.58. The van der Waals surface area contributed by atoms with Crippen molar-refractivity contribution in [3.05, 3.63) is 35.7 Å². The zero-order valence-corrected chi connectivity index (χ0v) is 12.8. The minimum absolute atomic E-state index is 0.244. The second-order valence-electron chi connectivity index (χ2n) is 5.20. The van der Waals surface area contributed by atoms with E-state index in [0.717, 1.165) is 17.7 Å². The molecule has 0 amide bonds. The Bertz CT molecular complexity index is 598. The molecule has 0 aliphatic carbocycles. The van der Waals surface area contributed by atoms with Crippen LogP contribution in [0.15, 0.2) is 24.3 Å². The van der Waals surface area contributed by atoms with Crippen molar-refractivity contribution >= 4 is 17.6 Å². The SMILES string of the molecule is CC[C@@H](C)[NH2+]Cc1nc(N)nc(Nc2ccccc2C)n1. The van der Waals surface area contributed by atoms with Crippen LogP contribution in [-0.4, -0.2) is 21.0 Å². The van der Waals surface area contributed by atoms with E-state index in [1.807, 2.05) is 31.2 Å². The standard InChI is InChI=1S/C15H22N6/c1-4-11(3)17-9-13-19-14(16)21-15(20-13)18-12-8-6-5-7-10(12)2/h5-8,11,17H,4,9H2,1-3H3,(H3,16,18,19,20,21)/p+1/t11-/m1/s1. The smallest absolute Gasteiger partial charge is 0.232 e. The van der Waals surface area contributed by atoms with Gasteiger partial charge in [0.15, 0.2) is 5.82 Å². The van der Waals surface area contributed by atoms with Crippen LogP contribution in [0.5, 0.6) is 0 Å². The van der Waals surface area contributed by atoms with Gasteiger partial charge in [0.2, 0.25) is 11.9 Å². The van der Waals surface area contributed by atoms with Gasteiger partial charge in [-0.05, 0) is 31.9 Å². The van der Waals surface area contributed by atoms with Gasteiger partial charge in [-0.15, -0.1) is 0 Å². The number of benzene rings is 1. The van der Waals surface area contributed by atoms with Crippen molar-refractivity contribution in [3.8, 4) is 0 Å². The van der Waals surface area contributed by atoms with E-state index in [9.17, 15) is 0 Å². The average molecular weight is 287 g/mol. The zero-order valence-electron chi connectivity index (χ0n) is 12.8. The number of anilines is 3. The van der Waals surface area contributed by atoms with Gasteiger partial charge >= 0.3 is 0 Å². The van der Waals surface area contributed by atoms with E-state index in [4.69, 9.17) is 5.73 Å². The second-order valence-corrected chi connectivity index (χ2v) is 5.20. The summed E-state index contributed by atoms with van der Waals surface area (Å²) in [6.45, 7) is 7.07. The van der Waals surface area contributed by atoms with Crippen LogP contribution < -0.4 is 16.4 Å². The molecule has 1 aromatic heterocycles. The van der Waals surface area contributed by atoms with Crippen molar-refractivity contribution in [1.29, 1.82) is 0 Å². The van der Waals surface area contributed by atoms with E-state index in [-0.39, 0.29) is 5.95 Å². The zero-order chi connectivity index (χ0) is 15.2. The third kappa shape index (κ3) is 4.39. The fourth-order valence-electron chi connectivity index (χ4n) is 1.89. The van der Waals surface area contributed by atoms with Gasteiger partial charge in [0.25, 0.3) is 0 Å². The molecule has 0 aliphatic rings. The van der Waals surface area contributed by atoms with Gasteiger partial charge in [0, 0.05) is 5.69 Å². The lowest BCUT2D eigenvalue weighted by atomic mass is 10.2. The first-order valence-electron chi connectivity index (χ1n) is 7.25. The molecule has 0 saturated carbocycles. The highest BCUT2D eigenvalue weighted by atomic mass is 15.2. The Balaban J connectivity index is 2.13. The number of nitrogens with two attached hydrogens (primary N) is 2. The molecule has 6 nitrogen and oxygen atoms in total. The van der Waals surface area contributed by atoms with Gasteiger partial charge in [-0.2, -0.15) is 15.0 Å². The quantitative estimate of drug-likeness (QED) is 0.746. The van der Waals surface area contributed by atoms with Crippen LogP contribution in [0.25, 0.3) is 0 Å². The maximum atomic E-state index is 5.77. The Morgan fingerprint density at radius 2 is 2.00 bits per heavy atom. The van der Waals surface area contributed by atoms with Crippen molar-refractivity contribution in [2.24, 2.45) is 0 Å². The van der Waals surface area contributed by atoms with Crippen LogP contribution in [0, 0.1) is 6.92 Å². The number of para-hydroxylation sites is 1. The maximum Gasteiger partial charge on any atom is 0.232 e. The molecular weight excluding hydrogens is 264 g/mol. The van der Waals surface area contributed by atoms with Crippen LogP contribution in [0.4, 0.5) is 17.6 Å². The molecule has 0 unspecified atom stereocenters. The highest BCUT2D eigenvalue weighted by Gasteiger charge is 2.09. The van der Waals surface area contributed by atoms with Gasteiger partial charge < -0.3 is 16.4 Å². The van der Waals surface area contributed by atoms with E-state index in [1.54, 1.807) is 0 Å². The third-order valence-corrected chi connectivity index (χ3v) is 3.44. The van der Waals surface area contributed by atoms with Crippen LogP contribution in [-0.2, 0) is 6.54 Å². The minimum atomic E-state index is 0.244. The lowest BCUT2D eigenvalue weighted by Crippen LogP contribution is -2.87. The Morgan fingerprint density at radius 1 is 1.24 bits per heavy atom. The van der Waals surface area contributed by atoms with E-state index >= 15 is 0 Å². The molecule has 0 aliphatic heterocycles. The lowest BCUT2D eigenvalue weighted by molar-refractivity contribution is -0.702. The van der Waals surface area contributed by atoms with Gasteiger partial charge in [0.1, 0.15) is 6.54 Å². The van der Waals surface area contributed by atoms with Crippen molar-refractivity contribution in [2.75, 3.05) is 11.1 Å². The fourth-order valence-corrected chi connectivity index (χ4v) is 1.89. The molecule has 0 saturated heterocycles. The fraction of sp³-hybridized carbons (Fsp3) is 0.400. The summed E-state index contributed by atoms with van der Waals surface area (Å²) in [4.78, 5) is 12.8. The number of hydrogen-bond acceptors (Lipinski definition) is 5. The van der Waals surface area contributed by atoms with E-state index in [1.165, 1.54) is 0 Å². The molecule has 2 rings (SSSR count). The Labute approximate surface area is 125 Å². The van der Waals surface area contributed by atoms with Crippen molar-refractivity contribution in [3.63, 3.8) is 0 Å². The number of aromatic nitrogens is 3. The normalized spacial score (nSPS) is 12.1. The second kappa shape index (κ2) is 6.99. The monoisotopic (exact) mass is 287 g/mol. The lowest BCUT2D eigenvalue weighted by Gasteiger charge is -2.10. The van der Waals surface area contributed by atoms with Crippen LogP contribution in [0.2, 0.25) is 0 Å². The van der Waals surface area contributed by atoms with Crippen LogP contribution >= 0.6 is 0 Å². The first-order valence-corrected chi connectivity index (χ1v) is 7.25. The molecule has 1 aromatic carbocycles. The van der Waals surface area contributed by atoms with Crippen molar-refractivity contribution in [2.45, 2.75) is 39.8 Å². The third-order valence-electron chi connectivity index (χ3n) is 3.44. The summed E-state index contributed by atoms with van der Waals surface area (Å²) in [6, 6.07) is 8.52. The molecule has 0 bridgehead atoms. The number of hydrogen-bond donors (Lipinski definition) is 3. The minimum Gasteiger partial charge on any atom is -0.368 e. The van der Waals surface area contributed by atoms with Gasteiger partial charge in [0.05, 0.1) is 6.04 Å². The molecule has 5 N–H and O–H groups in total. The molecule has 21 heavy (non-hydrogen) atoms. The molecule has 6 heteroatoms. The predicted octanol–water partition coefficient (Wildman–Crippen LogP) is 1.37. The number of nitrogens with one attached hydrogen (secondary N) is 1. The molecule has 0 spiro atoms. The summed E-state index contributed by atoms with van der Waals surface area (Å²) in [7, 11) is 0. The summed E-state index contributed by atoms with van der Waals surface area (Å²) >= 11 is 0. The first-order chi connectivity index (χ1) is 10.1. The Hall–Kier alpha value is -2.21. The molecule has 2 aromatic rings. The Kier molecular flexibility index (Phi) is 5.05. The topological polar surface area (TPSA) is 93.3 Å². The summed E-state index contributed by atoms with van der Waals surface area (Å²) in [5.74, 6) is 1.43. The number of aryl methyl sites for hydroxylation is 1. The number of rotatable bonds is 6. The van der Waals surface area contributed by atoms with E-state index < -0.39 is 0 Å². The van der Waals surface area contributed by atoms with Gasteiger partial charge in [-0.1, -0.05) is 25.1 Å². The molecule has 1 atom stereocenters. The average Bonchev–Trinajstić information content (AvgIpc) is 2.46. The first kappa shape index (κ1) is 15.2. The van der Waals surface area contributed by atoms with E-state index in [0.29, 0.717) is 24.4 Å². The largest absolute Gasteiger partial charge is 0.368 e. The molecule has 0 fully saturated rings. The van der Waals surface area contributed by atoms with E-state index in [2.05, 4.69) is 39.4 Å². The summed E-state index contributed by atoms with van der Waals surface area (Å²) in [5.41, 5.74) is 7.87. The number of nitrogen functional groups attached to an aromatic ring is 1. The van der Waals surface area contributed by atoms with Gasteiger partial charge in [-0.25, -0.2) is 0 Å². The molecule has 0 radical (unpaired) electrons. The number of nitrogens with zero attached hydrogens (tertiary/aromatic N) is 3. The maximum absolute atomic E-state index is 5.77. The summed E-state index contributed by atoms with van der Waals surface area (Å²) < 4.78 is 0. The van der Waals surface area contributed by atoms with Crippen molar-refractivity contribution in [1.82, 2.24) is 15.0 Å². The molecule has 112 valence electrons. The molecule has 1 heterocycles. The van der Waals surface area contributed by atoms with Crippen LogP contribution in [0.1, 0.15) is 31.7 Å². The van der Waals surface area contributed by atoms with Crippen LogP contribution in [0.3, 0.4) is 0 Å². The summed E-state index contributed by atoms with van der Waals surface area (Å²) in [5, 5.41) is 5.40. The predicted molar refractivity (Wildman–Crippen MR) is 84.1 cm³/mol. The summed E-state index contributed by atoms with van der Waals surface area (Å²) in [6.07, 6.45) is 1.11. The number of quaternary nitrogens is 1. The highest BCUT2D eigenvalue weighted by Crippen LogP contribution is 2.17. The van der Waals surface area contributed by atoms with Gasteiger partial charge in [-0.3, -0.25) is 0 Å².